The summed E-state index contributed by atoms with van der Waals surface area (Å²) in [5.74, 6) is -0.771. The maximum Gasteiger partial charge on any atom is 0.293 e. The minimum atomic E-state index is -4.58. The molecule has 1 aromatic heterocycles. The van der Waals surface area contributed by atoms with Gasteiger partial charge in [-0.15, -0.1) is 11.3 Å². The normalized spacial score (nSPS) is 19.1. The van der Waals surface area contributed by atoms with Crippen molar-refractivity contribution in [2.45, 2.75) is 82.4 Å². The number of rotatable bonds is 14. The SMILES string of the molecule is CC1(C)CCC(CN2CCN(c3ccc(C(=O)NS(=O)(=O)c4ccc(N(C5CCNCC5)C5CCOCC5)c([N+](=O)[O-])c4)c(OCc4csc(N)n4)c3)CC2)=C(c2ccc(Cl)cc2)C1. The molecule has 3 aromatic carbocycles. The summed E-state index contributed by atoms with van der Waals surface area (Å²) in [7, 11) is -4.58. The maximum atomic E-state index is 14.0. The average Bonchev–Trinajstić information content (AvgIpc) is 3.72. The Morgan fingerprint density at radius 2 is 1.77 bits per heavy atom. The summed E-state index contributed by atoms with van der Waals surface area (Å²) < 4.78 is 41.8. The number of anilines is 3. The van der Waals surface area contributed by atoms with Crippen molar-refractivity contribution in [2.24, 2.45) is 5.41 Å². The van der Waals surface area contributed by atoms with Crippen LogP contribution in [0.15, 0.2) is 76.5 Å². The van der Waals surface area contributed by atoms with Gasteiger partial charge in [0.25, 0.3) is 21.6 Å². The van der Waals surface area contributed by atoms with Crippen LogP contribution in [-0.4, -0.2) is 100 Å². The first-order chi connectivity index (χ1) is 30.7. The number of sulfonamides is 1. The van der Waals surface area contributed by atoms with Gasteiger partial charge in [0.2, 0.25) is 0 Å². The van der Waals surface area contributed by atoms with Gasteiger partial charge in [-0.3, -0.25) is 19.8 Å². The topological polar surface area (TPSA) is 186 Å². The van der Waals surface area contributed by atoms with Crippen molar-refractivity contribution in [3.63, 3.8) is 0 Å². The fourth-order valence-electron chi connectivity index (χ4n) is 9.46. The van der Waals surface area contributed by atoms with E-state index in [0.29, 0.717) is 42.6 Å². The molecule has 0 saturated carbocycles. The summed E-state index contributed by atoms with van der Waals surface area (Å²) in [5, 5.41) is 18.8. The number of nitrogens with zero attached hydrogens (tertiary/aromatic N) is 5. The summed E-state index contributed by atoms with van der Waals surface area (Å²) in [5.41, 5.74) is 11.6. The lowest BCUT2D eigenvalue weighted by atomic mass is 9.72. The minimum absolute atomic E-state index is 0.00435. The maximum absolute atomic E-state index is 14.0. The van der Waals surface area contributed by atoms with Crippen LogP contribution in [0.25, 0.3) is 5.57 Å². The Morgan fingerprint density at radius 3 is 2.45 bits per heavy atom. The summed E-state index contributed by atoms with van der Waals surface area (Å²) in [6.45, 7) is 11.3. The molecule has 0 spiro atoms. The van der Waals surface area contributed by atoms with Crippen molar-refractivity contribution in [1.29, 1.82) is 0 Å². The number of hydrogen-bond acceptors (Lipinski definition) is 14. The second-order valence-corrected chi connectivity index (χ2v) is 20.9. The molecule has 1 amide bonds. The first kappa shape index (κ1) is 45.8. The van der Waals surface area contributed by atoms with Crippen LogP contribution in [0.3, 0.4) is 0 Å². The van der Waals surface area contributed by atoms with Crippen molar-refractivity contribution >= 4 is 66.6 Å². The highest BCUT2D eigenvalue weighted by molar-refractivity contribution is 7.90. The zero-order valence-corrected chi connectivity index (χ0v) is 38.8. The predicted molar refractivity (Wildman–Crippen MR) is 252 cm³/mol. The molecule has 342 valence electrons. The highest BCUT2D eigenvalue weighted by Crippen LogP contribution is 2.44. The van der Waals surface area contributed by atoms with E-state index in [2.05, 4.69) is 55.7 Å². The van der Waals surface area contributed by atoms with Gasteiger partial charge in [-0.05, 0) is 111 Å². The van der Waals surface area contributed by atoms with E-state index in [0.717, 1.165) is 94.7 Å². The van der Waals surface area contributed by atoms with E-state index in [1.165, 1.54) is 40.2 Å². The highest BCUT2D eigenvalue weighted by atomic mass is 35.5. The number of nitro groups is 1. The van der Waals surface area contributed by atoms with Gasteiger partial charge in [-0.1, -0.05) is 43.2 Å². The molecule has 64 heavy (non-hydrogen) atoms. The summed E-state index contributed by atoms with van der Waals surface area (Å²) in [4.78, 5) is 36.8. The molecule has 1 aliphatic carbocycles. The third-order valence-electron chi connectivity index (χ3n) is 12.9. The van der Waals surface area contributed by atoms with Gasteiger partial charge in [0.1, 0.15) is 18.0 Å². The zero-order valence-electron chi connectivity index (χ0n) is 36.4. The molecule has 8 rings (SSSR count). The Kier molecular flexibility index (Phi) is 14.1. The second-order valence-electron chi connectivity index (χ2n) is 17.9. The van der Waals surface area contributed by atoms with Crippen molar-refractivity contribution in [1.82, 2.24) is 19.9 Å². The molecule has 3 saturated heterocycles. The Bertz CT molecular complexity index is 2440. The van der Waals surface area contributed by atoms with Gasteiger partial charge in [0.15, 0.2) is 5.13 Å². The van der Waals surface area contributed by atoms with Crippen molar-refractivity contribution in [3.05, 3.63) is 104 Å². The van der Waals surface area contributed by atoms with Crippen LogP contribution in [0.5, 0.6) is 5.75 Å². The Balaban J connectivity index is 1.00. The minimum Gasteiger partial charge on any atom is -0.486 e. The van der Waals surface area contributed by atoms with Gasteiger partial charge < -0.3 is 30.3 Å². The molecule has 0 unspecified atom stereocenters. The lowest BCUT2D eigenvalue weighted by Gasteiger charge is -2.43. The van der Waals surface area contributed by atoms with Gasteiger partial charge in [-0.2, -0.15) is 0 Å². The standard InChI is InChI=1S/C46H57ClN8O7S2/c1-46(2)16-11-32(40(27-46)31-3-5-33(47)6-4-31)28-52-19-21-53(22-20-52)37-7-9-39(43(25-37)62-29-34-30-63-45(48)50-34)44(56)51-64(59,60)38-8-10-41(42(26-38)55(57)58)54(35-12-17-49-18-13-35)36-14-23-61-24-15-36/h3-10,25-26,30,35-36,49H,11-24,27-29H2,1-2H3,(H2,48,50)(H,51,56). The van der Waals surface area contributed by atoms with Crippen molar-refractivity contribution in [3.8, 4) is 5.75 Å². The molecule has 15 nitrogen and oxygen atoms in total. The van der Waals surface area contributed by atoms with E-state index in [9.17, 15) is 23.3 Å². The fraction of sp³-hybridized carbons (Fsp3) is 0.478. The fourth-order valence-corrected chi connectivity index (χ4v) is 11.1. The number of nitrogens with two attached hydrogens (primary N) is 1. The molecule has 0 bridgehead atoms. The van der Waals surface area contributed by atoms with Gasteiger partial charge in [0.05, 0.1) is 21.1 Å². The lowest BCUT2D eigenvalue weighted by molar-refractivity contribution is -0.384. The number of piperazine rings is 1. The molecule has 3 fully saturated rings. The second kappa shape index (κ2) is 19.8. The molecule has 4 heterocycles. The number of hydrogen-bond donors (Lipinski definition) is 3. The third kappa shape index (κ3) is 10.8. The molecule has 4 N–H and O–H groups in total. The molecule has 3 aliphatic heterocycles. The molecule has 0 atom stereocenters. The number of nitrogens with one attached hydrogen (secondary N) is 2. The van der Waals surface area contributed by atoms with Gasteiger partial charge in [-0.25, -0.2) is 18.1 Å². The number of nitro benzene ring substituents is 1. The molecule has 4 aliphatic rings. The molecule has 18 heteroatoms. The third-order valence-corrected chi connectivity index (χ3v) is 15.2. The largest absolute Gasteiger partial charge is 0.486 e. The van der Waals surface area contributed by atoms with Crippen LogP contribution in [0, 0.1) is 15.5 Å². The summed E-state index contributed by atoms with van der Waals surface area (Å²) in [6.07, 6.45) is 6.20. The van der Waals surface area contributed by atoms with Crippen LogP contribution < -0.4 is 30.3 Å². The van der Waals surface area contributed by atoms with E-state index in [1.807, 2.05) is 12.1 Å². The number of carbonyl (C=O) groups excluding carboxylic acids is 1. The van der Waals surface area contributed by atoms with E-state index in [1.54, 1.807) is 23.6 Å². The van der Waals surface area contributed by atoms with E-state index >= 15 is 0 Å². The molecular weight excluding hydrogens is 876 g/mol. The lowest BCUT2D eigenvalue weighted by Crippen LogP contribution is -2.50. The predicted octanol–water partition coefficient (Wildman–Crippen LogP) is 7.51. The van der Waals surface area contributed by atoms with Gasteiger partial charge in [0, 0.05) is 86.2 Å². The number of benzene rings is 3. The average molecular weight is 934 g/mol. The quantitative estimate of drug-likeness (QED) is 0.0835. The van der Waals surface area contributed by atoms with Crippen molar-refractivity contribution in [2.75, 3.05) is 74.6 Å². The van der Waals surface area contributed by atoms with Crippen LogP contribution in [-0.2, 0) is 21.4 Å². The number of piperidine rings is 1. The number of nitrogen functional groups attached to an aromatic ring is 1. The number of aromatic nitrogens is 1. The van der Waals surface area contributed by atoms with Gasteiger partial charge >= 0.3 is 0 Å². The van der Waals surface area contributed by atoms with Crippen LogP contribution in [0.2, 0.25) is 5.02 Å². The van der Waals surface area contributed by atoms with E-state index < -0.39 is 25.7 Å². The van der Waals surface area contributed by atoms with E-state index in [-0.39, 0.29) is 41.1 Å². The number of thiazole rings is 1. The highest BCUT2D eigenvalue weighted by Gasteiger charge is 2.35. The first-order valence-corrected chi connectivity index (χ1v) is 24.8. The molecule has 0 radical (unpaired) electrons. The van der Waals surface area contributed by atoms with Crippen LogP contribution in [0.4, 0.5) is 22.2 Å². The van der Waals surface area contributed by atoms with Crippen molar-refractivity contribution < 1.29 is 27.6 Å². The van der Waals surface area contributed by atoms with Crippen LogP contribution >= 0.6 is 22.9 Å². The number of carbonyl (C=O) groups is 1. The number of halogens is 1. The number of allylic oxidation sites excluding steroid dienone is 1. The first-order valence-electron chi connectivity index (χ1n) is 22.1. The molecular formula is C46H57ClN8O7S2. The zero-order chi connectivity index (χ0) is 45.0. The van der Waals surface area contributed by atoms with Crippen LogP contribution in [0.1, 0.15) is 80.4 Å². The van der Waals surface area contributed by atoms with E-state index in [4.69, 9.17) is 26.8 Å². The monoisotopic (exact) mass is 932 g/mol. The summed E-state index contributed by atoms with van der Waals surface area (Å²) in [6, 6.07) is 17.2. The Hall–Kier alpha value is -4.78. The smallest absolute Gasteiger partial charge is 0.293 e. The number of ether oxygens (including phenoxy) is 2. The number of amides is 1. The summed E-state index contributed by atoms with van der Waals surface area (Å²) >= 11 is 7.51. The Morgan fingerprint density at radius 1 is 1.05 bits per heavy atom. The Labute approximate surface area is 384 Å². The molecule has 4 aromatic rings.